The molecule has 0 unspecified atom stereocenters. The van der Waals surface area contributed by atoms with Gasteiger partial charge in [-0.05, 0) is 23.3 Å². The highest BCUT2D eigenvalue weighted by Crippen LogP contribution is 2.19. The summed E-state index contributed by atoms with van der Waals surface area (Å²) in [7, 11) is 0. The number of nitrogens with zero attached hydrogens (tertiary/aromatic N) is 1. The first-order valence-corrected chi connectivity index (χ1v) is 7.59. The highest BCUT2D eigenvalue weighted by molar-refractivity contribution is 6.09. The van der Waals surface area contributed by atoms with Gasteiger partial charge in [0.25, 0.3) is 0 Å². The summed E-state index contributed by atoms with van der Waals surface area (Å²) in [5.41, 5.74) is 5.44. The maximum absolute atomic E-state index is 12.0. The Balaban J connectivity index is 1.75. The highest BCUT2D eigenvalue weighted by atomic mass is 16.2. The van der Waals surface area contributed by atoms with Crippen LogP contribution in [-0.2, 0) is 11.2 Å². The van der Waals surface area contributed by atoms with Gasteiger partial charge in [0.1, 0.15) is 0 Å². The molecule has 0 heterocycles. The quantitative estimate of drug-likeness (QED) is 0.576. The molecule has 0 saturated carbocycles. The third kappa shape index (κ3) is 3.64. The molecule has 0 radical (unpaired) electrons. The van der Waals surface area contributed by atoms with E-state index in [0.717, 1.165) is 27.6 Å². The van der Waals surface area contributed by atoms with E-state index in [1.54, 1.807) is 0 Å². The highest BCUT2D eigenvalue weighted by Gasteiger charge is 2.05. The Morgan fingerprint density at radius 3 is 2.43 bits per heavy atom. The average molecular weight is 302 g/mol. The van der Waals surface area contributed by atoms with Gasteiger partial charge in [0.15, 0.2) is 0 Å². The number of rotatable bonds is 4. The van der Waals surface area contributed by atoms with Gasteiger partial charge in [0.05, 0.1) is 12.1 Å². The first-order valence-electron chi connectivity index (χ1n) is 7.59. The number of benzene rings is 3. The normalized spacial score (nSPS) is 11.4. The number of amides is 1. The third-order valence-corrected chi connectivity index (χ3v) is 3.74. The zero-order chi connectivity index (χ0) is 16.1. The van der Waals surface area contributed by atoms with Crippen LogP contribution in [0.5, 0.6) is 0 Å². The van der Waals surface area contributed by atoms with Crippen molar-refractivity contribution in [3.63, 3.8) is 0 Å². The lowest BCUT2D eigenvalue weighted by Crippen LogP contribution is -2.21. The number of carbonyl (C=O) groups is 1. The molecule has 0 spiro atoms. The Morgan fingerprint density at radius 2 is 1.61 bits per heavy atom. The Labute approximate surface area is 135 Å². The number of fused-ring (bicyclic) bond motifs is 1. The maximum Gasteiger partial charge on any atom is 0.244 e. The fourth-order valence-corrected chi connectivity index (χ4v) is 2.57. The molecule has 0 atom stereocenters. The van der Waals surface area contributed by atoms with Crippen LogP contribution in [0.1, 0.15) is 18.1 Å². The Hall–Kier alpha value is -2.94. The number of carbonyl (C=O) groups excluding carboxylic acids is 1. The van der Waals surface area contributed by atoms with Gasteiger partial charge >= 0.3 is 0 Å². The zero-order valence-corrected chi connectivity index (χ0v) is 13.0. The smallest absolute Gasteiger partial charge is 0.244 e. The Morgan fingerprint density at radius 1 is 0.913 bits per heavy atom. The Kier molecular flexibility index (Phi) is 4.48. The van der Waals surface area contributed by atoms with E-state index < -0.39 is 0 Å². The second-order valence-electron chi connectivity index (χ2n) is 5.42. The summed E-state index contributed by atoms with van der Waals surface area (Å²) < 4.78 is 0. The lowest BCUT2D eigenvalue weighted by molar-refractivity contribution is -0.120. The van der Waals surface area contributed by atoms with Gasteiger partial charge in [0, 0.05) is 5.56 Å². The summed E-state index contributed by atoms with van der Waals surface area (Å²) >= 11 is 0. The van der Waals surface area contributed by atoms with Crippen LogP contribution >= 0.6 is 0 Å². The van der Waals surface area contributed by atoms with Crippen LogP contribution in [-0.4, -0.2) is 11.6 Å². The van der Waals surface area contributed by atoms with Crippen molar-refractivity contribution in [3.05, 3.63) is 83.9 Å². The van der Waals surface area contributed by atoms with Crippen molar-refractivity contribution in [3.8, 4) is 0 Å². The van der Waals surface area contributed by atoms with E-state index in [9.17, 15) is 4.79 Å². The summed E-state index contributed by atoms with van der Waals surface area (Å²) in [6.07, 6.45) is 0.327. The predicted molar refractivity (Wildman–Crippen MR) is 94.4 cm³/mol. The molecule has 3 aromatic carbocycles. The SMILES string of the molecule is CC(=NNC(=O)Cc1ccccc1)c1cccc2ccccc12. The van der Waals surface area contributed by atoms with E-state index in [4.69, 9.17) is 0 Å². The van der Waals surface area contributed by atoms with Crippen molar-refractivity contribution in [2.75, 3.05) is 0 Å². The van der Waals surface area contributed by atoms with Gasteiger partial charge in [-0.2, -0.15) is 5.10 Å². The summed E-state index contributed by atoms with van der Waals surface area (Å²) in [4.78, 5) is 12.0. The summed E-state index contributed by atoms with van der Waals surface area (Å²) in [5, 5.41) is 6.55. The fourth-order valence-electron chi connectivity index (χ4n) is 2.57. The summed E-state index contributed by atoms with van der Waals surface area (Å²) in [6.45, 7) is 1.91. The molecule has 3 nitrogen and oxygen atoms in total. The molecule has 0 aliphatic heterocycles. The van der Waals surface area contributed by atoms with Crippen molar-refractivity contribution < 1.29 is 4.79 Å². The molecule has 0 aliphatic carbocycles. The van der Waals surface area contributed by atoms with Gasteiger partial charge in [-0.1, -0.05) is 72.8 Å². The Bertz CT molecular complexity index is 848. The predicted octanol–water partition coefficient (Wildman–Crippen LogP) is 3.92. The summed E-state index contributed by atoms with van der Waals surface area (Å²) in [5.74, 6) is -0.115. The second kappa shape index (κ2) is 6.88. The molecule has 3 rings (SSSR count). The number of nitrogens with one attached hydrogen (secondary N) is 1. The zero-order valence-electron chi connectivity index (χ0n) is 13.0. The van der Waals surface area contributed by atoms with E-state index in [-0.39, 0.29) is 5.91 Å². The van der Waals surface area contributed by atoms with Gasteiger partial charge in [0.2, 0.25) is 5.91 Å². The van der Waals surface area contributed by atoms with Crippen LogP contribution < -0.4 is 5.43 Å². The first-order chi connectivity index (χ1) is 11.2. The second-order valence-corrected chi connectivity index (χ2v) is 5.42. The van der Waals surface area contributed by atoms with Crippen LogP contribution in [0.15, 0.2) is 77.9 Å². The number of hydrogen-bond acceptors (Lipinski definition) is 2. The van der Waals surface area contributed by atoms with Gasteiger partial charge in [-0.15, -0.1) is 0 Å². The maximum atomic E-state index is 12.0. The molecular formula is C20H18N2O. The molecule has 3 aromatic rings. The van der Waals surface area contributed by atoms with Crippen molar-refractivity contribution >= 4 is 22.4 Å². The van der Waals surface area contributed by atoms with Crippen LogP contribution in [0.2, 0.25) is 0 Å². The minimum Gasteiger partial charge on any atom is -0.273 e. The van der Waals surface area contributed by atoms with E-state index in [1.807, 2.05) is 61.5 Å². The average Bonchev–Trinajstić information content (AvgIpc) is 2.60. The van der Waals surface area contributed by atoms with Crippen molar-refractivity contribution in [1.29, 1.82) is 0 Å². The van der Waals surface area contributed by atoms with Crippen molar-refractivity contribution in [2.45, 2.75) is 13.3 Å². The van der Waals surface area contributed by atoms with E-state index >= 15 is 0 Å². The van der Waals surface area contributed by atoms with Crippen molar-refractivity contribution in [2.24, 2.45) is 5.10 Å². The van der Waals surface area contributed by atoms with Gasteiger partial charge in [-0.3, -0.25) is 4.79 Å². The van der Waals surface area contributed by atoms with Crippen molar-refractivity contribution in [1.82, 2.24) is 5.43 Å². The van der Waals surface area contributed by atoms with E-state index in [2.05, 4.69) is 28.7 Å². The molecule has 23 heavy (non-hydrogen) atoms. The monoisotopic (exact) mass is 302 g/mol. The molecule has 0 fully saturated rings. The van der Waals surface area contributed by atoms with Crippen LogP contribution in [0.25, 0.3) is 10.8 Å². The molecule has 114 valence electrons. The molecule has 0 bridgehead atoms. The van der Waals surface area contributed by atoms with Crippen LogP contribution in [0.3, 0.4) is 0 Å². The number of hydrogen-bond donors (Lipinski definition) is 1. The summed E-state index contributed by atoms with van der Waals surface area (Å²) in [6, 6.07) is 23.9. The largest absolute Gasteiger partial charge is 0.273 e. The molecule has 0 saturated heterocycles. The molecular weight excluding hydrogens is 284 g/mol. The minimum atomic E-state index is -0.115. The van der Waals surface area contributed by atoms with Crippen LogP contribution in [0.4, 0.5) is 0 Å². The lowest BCUT2D eigenvalue weighted by atomic mass is 10.0. The van der Waals surface area contributed by atoms with Gasteiger partial charge in [-0.25, -0.2) is 5.43 Å². The lowest BCUT2D eigenvalue weighted by Gasteiger charge is -2.07. The molecule has 3 heteroatoms. The third-order valence-electron chi connectivity index (χ3n) is 3.74. The molecule has 1 N–H and O–H groups in total. The van der Waals surface area contributed by atoms with Crippen LogP contribution in [0, 0.1) is 0 Å². The first kappa shape index (κ1) is 15.0. The van der Waals surface area contributed by atoms with E-state index in [0.29, 0.717) is 6.42 Å². The fraction of sp³-hybridized carbons (Fsp3) is 0.100. The topological polar surface area (TPSA) is 41.5 Å². The molecule has 1 amide bonds. The van der Waals surface area contributed by atoms with Gasteiger partial charge < -0.3 is 0 Å². The molecule has 0 aromatic heterocycles. The molecule has 0 aliphatic rings. The minimum absolute atomic E-state index is 0.115. The van der Waals surface area contributed by atoms with E-state index in [1.165, 1.54) is 0 Å². The number of hydrazone groups is 1. The standard InChI is InChI=1S/C20H18N2O/c1-15(18-13-7-11-17-10-5-6-12-19(17)18)21-22-20(23)14-16-8-3-2-4-9-16/h2-13H,14H2,1H3,(H,22,23).